The Balaban J connectivity index is 1.55. The highest BCUT2D eigenvalue weighted by Crippen LogP contribution is 2.40. The van der Waals surface area contributed by atoms with Gasteiger partial charge in [0.25, 0.3) is 15.7 Å². The first-order chi connectivity index (χ1) is 25.1. The largest absolute Gasteiger partial charge is 0.465 e. The van der Waals surface area contributed by atoms with Crippen LogP contribution in [0.3, 0.4) is 0 Å². The molecule has 3 aromatic carbocycles. The summed E-state index contributed by atoms with van der Waals surface area (Å²) in [6, 6.07) is 25.3. The molecule has 1 unspecified atom stereocenters. The van der Waals surface area contributed by atoms with Gasteiger partial charge in [0, 0.05) is 60.2 Å². The molecule has 0 saturated carbocycles. The van der Waals surface area contributed by atoms with Crippen molar-refractivity contribution < 1.29 is 23.2 Å². The second kappa shape index (κ2) is 14.6. The van der Waals surface area contributed by atoms with Gasteiger partial charge in [0.2, 0.25) is 0 Å². The third-order valence-electron chi connectivity index (χ3n) is 9.08. The summed E-state index contributed by atoms with van der Waals surface area (Å²) in [6.45, 7) is 6.94. The molecule has 0 radical (unpaired) electrons. The monoisotopic (exact) mass is 735 g/mol. The number of aryl methyl sites for hydroxylation is 1. The van der Waals surface area contributed by atoms with Crippen LogP contribution in [0.2, 0.25) is 0 Å². The van der Waals surface area contributed by atoms with Crippen LogP contribution < -0.4 is 5.32 Å². The van der Waals surface area contributed by atoms with Crippen molar-refractivity contribution in [1.29, 1.82) is 0 Å². The first kappa shape index (κ1) is 36.9. The molecule has 0 bridgehead atoms. The second-order valence-corrected chi connectivity index (χ2v) is 16.0. The molecule has 274 valence electrons. The van der Waals surface area contributed by atoms with Gasteiger partial charge in [-0.1, -0.05) is 63.2 Å². The van der Waals surface area contributed by atoms with Gasteiger partial charge in [-0.2, -0.15) is 5.10 Å². The fraction of sp³-hybridized carbons (Fsp3) is 0.256. The molecule has 0 fully saturated rings. The van der Waals surface area contributed by atoms with Crippen molar-refractivity contribution >= 4 is 32.8 Å². The van der Waals surface area contributed by atoms with Crippen molar-refractivity contribution in [2.45, 2.75) is 51.2 Å². The van der Waals surface area contributed by atoms with Crippen molar-refractivity contribution in [3.63, 3.8) is 0 Å². The summed E-state index contributed by atoms with van der Waals surface area (Å²) in [4.78, 5) is 29.4. The number of hydrogen-bond acceptors (Lipinski definition) is 8. The Kier molecular flexibility index (Phi) is 10.2. The number of hydrogen-bond donors (Lipinski definition) is 2. The number of nitro benzene ring substituents is 1. The van der Waals surface area contributed by atoms with E-state index in [2.05, 4.69) is 15.2 Å². The minimum absolute atomic E-state index is 0.0711. The lowest BCUT2D eigenvalue weighted by Gasteiger charge is -2.30. The molecule has 1 amide bonds. The molecule has 13 nitrogen and oxygen atoms in total. The van der Waals surface area contributed by atoms with Crippen LogP contribution in [-0.4, -0.2) is 68.3 Å². The molecule has 1 atom stereocenters. The van der Waals surface area contributed by atoms with E-state index in [0.717, 1.165) is 12.1 Å². The van der Waals surface area contributed by atoms with E-state index in [1.807, 2.05) is 71.4 Å². The van der Waals surface area contributed by atoms with Crippen LogP contribution >= 0.6 is 0 Å². The first-order valence-electron chi connectivity index (χ1n) is 17.0. The molecule has 6 rings (SSSR count). The smallest absolute Gasteiger partial charge is 0.404 e. The van der Waals surface area contributed by atoms with E-state index in [4.69, 9.17) is 5.10 Å². The van der Waals surface area contributed by atoms with Crippen molar-refractivity contribution in [3.8, 4) is 33.6 Å². The number of rotatable bonds is 12. The number of nitro groups is 1. The van der Waals surface area contributed by atoms with Crippen molar-refractivity contribution in [2.24, 2.45) is 5.41 Å². The third kappa shape index (κ3) is 7.83. The standard InChI is InChI=1S/C39H41N7O6S/c1-39(2,3)35(41-38(47)48)20-22-44-25-33(36(42-44)28-15-17-29(18-16-28)46(49)50)31-19-21-40-37-32(31)23-34(27-13-11-26(12-14-27)24-43(4)5)45(37)53(51,52)30-9-7-6-8-10-30/h6-19,21,23,25,35,41H,20,22,24H2,1-5H3,(H,47,48). The number of amides is 1. The van der Waals surface area contributed by atoms with Crippen molar-refractivity contribution in [3.05, 3.63) is 119 Å². The number of fused-ring (bicyclic) bond motifs is 1. The second-order valence-electron chi connectivity index (χ2n) is 14.3. The molecule has 0 saturated heterocycles. The zero-order valence-electron chi connectivity index (χ0n) is 30.1. The molecule has 6 aromatic rings. The topological polar surface area (TPSA) is 165 Å². The Hall–Kier alpha value is -5.86. The van der Waals surface area contributed by atoms with Crippen LogP contribution in [0.5, 0.6) is 0 Å². The van der Waals surface area contributed by atoms with Crippen LogP contribution in [0.4, 0.5) is 10.5 Å². The maximum absolute atomic E-state index is 14.4. The number of carbonyl (C=O) groups is 1. The zero-order valence-corrected chi connectivity index (χ0v) is 30.9. The lowest BCUT2D eigenvalue weighted by atomic mass is 9.85. The first-order valence-corrected chi connectivity index (χ1v) is 18.4. The predicted molar refractivity (Wildman–Crippen MR) is 204 cm³/mol. The number of carboxylic acid groups (broad SMARTS) is 1. The molecule has 0 aliphatic heterocycles. The van der Waals surface area contributed by atoms with E-state index in [1.165, 1.54) is 16.1 Å². The van der Waals surface area contributed by atoms with Crippen molar-refractivity contribution in [2.75, 3.05) is 14.1 Å². The molecule has 3 aromatic heterocycles. The Labute approximate surface area is 307 Å². The lowest BCUT2D eigenvalue weighted by Crippen LogP contribution is -2.43. The lowest BCUT2D eigenvalue weighted by molar-refractivity contribution is -0.384. The van der Waals surface area contributed by atoms with Crippen LogP contribution in [0.15, 0.2) is 108 Å². The fourth-order valence-corrected chi connectivity index (χ4v) is 7.92. The predicted octanol–water partition coefficient (Wildman–Crippen LogP) is 7.51. The number of benzene rings is 3. The average molecular weight is 736 g/mol. The van der Waals surface area contributed by atoms with Gasteiger partial charge in [0.1, 0.15) is 5.69 Å². The molecular weight excluding hydrogens is 695 g/mol. The van der Waals surface area contributed by atoms with Gasteiger partial charge in [-0.25, -0.2) is 22.2 Å². The van der Waals surface area contributed by atoms with Gasteiger partial charge in [0.15, 0.2) is 5.65 Å². The van der Waals surface area contributed by atoms with Crippen LogP contribution in [0.1, 0.15) is 32.8 Å². The van der Waals surface area contributed by atoms with Gasteiger partial charge < -0.3 is 15.3 Å². The minimum atomic E-state index is -4.13. The summed E-state index contributed by atoms with van der Waals surface area (Å²) < 4.78 is 31.9. The molecule has 14 heteroatoms. The molecular formula is C39H41N7O6S. The molecule has 3 heterocycles. The van der Waals surface area contributed by atoms with Crippen molar-refractivity contribution in [1.82, 2.24) is 29.0 Å². The molecule has 0 aliphatic carbocycles. The van der Waals surface area contributed by atoms with E-state index in [-0.39, 0.29) is 27.7 Å². The summed E-state index contributed by atoms with van der Waals surface area (Å²) in [5.41, 5.74) is 4.37. The summed E-state index contributed by atoms with van der Waals surface area (Å²) in [5, 5.41) is 29.1. The summed E-state index contributed by atoms with van der Waals surface area (Å²) in [5.74, 6) is 0. The average Bonchev–Trinajstić information content (AvgIpc) is 3.73. The van der Waals surface area contributed by atoms with Gasteiger partial charge in [-0.3, -0.25) is 14.8 Å². The van der Waals surface area contributed by atoms with E-state index in [9.17, 15) is 28.4 Å². The quantitative estimate of drug-likeness (QED) is 0.0955. The van der Waals surface area contributed by atoms with E-state index in [1.54, 1.807) is 59.4 Å². The Bertz CT molecular complexity index is 2380. The normalized spacial score (nSPS) is 12.6. The Morgan fingerprint density at radius 2 is 1.62 bits per heavy atom. The van der Waals surface area contributed by atoms with Crippen LogP contribution in [0.25, 0.3) is 44.7 Å². The van der Waals surface area contributed by atoms with Gasteiger partial charge in [-0.15, -0.1) is 0 Å². The fourth-order valence-electron chi connectivity index (χ4n) is 6.42. The highest BCUT2D eigenvalue weighted by molar-refractivity contribution is 7.90. The van der Waals surface area contributed by atoms with Gasteiger partial charge >= 0.3 is 6.09 Å². The van der Waals surface area contributed by atoms with Crippen LogP contribution in [0, 0.1) is 15.5 Å². The summed E-state index contributed by atoms with van der Waals surface area (Å²) >= 11 is 0. The highest BCUT2D eigenvalue weighted by atomic mass is 32.2. The van der Waals surface area contributed by atoms with E-state index >= 15 is 0 Å². The highest BCUT2D eigenvalue weighted by Gasteiger charge is 2.29. The maximum Gasteiger partial charge on any atom is 0.404 e. The Morgan fingerprint density at radius 1 is 0.962 bits per heavy atom. The SMILES string of the molecule is CN(C)Cc1ccc(-c2cc3c(-c4cn(CCC(NC(=O)O)C(C)(C)C)nc4-c4ccc([N+](=O)[O-])cc4)ccnc3n2S(=O)(=O)c2ccccc2)cc1. The zero-order chi connectivity index (χ0) is 38.1. The van der Waals surface area contributed by atoms with E-state index < -0.39 is 21.0 Å². The number of non-ortho nitro benzene ring substituents is 1. The number of nitrogens with zero attached hydrogens (tertiary/aromatic N) is 6. The number of nitrogens with one attached hydrogen (secondary N) is 1. The van der Waals surface area contributed by atoms with Gasteiger partial charge in [-0.05, 0) is 79.0 Å². The molecule has 53 heavy (non-hydrogen) atoms. The molecule has 0 spiro atoms. The minimum Gasteiger partial charge on any atom is -0.465 e. The molecule has 2 N–H and O–H groups in total. The Morgan fingerprint density at radius 3 is 2.23 bits per heavy atom. The summed E-state index contributed by atoms with van der Waals surface area (Å²) in [6.07, 6.45) is 2.71. The third-order valence-corrected chi connectivity index (χ3v) is 10.8. The van der Waals surface area contributed by atoms with Crippen LogP contribution in [-0.2, 0) is 23.1 Å². The molecule has 0 aliphatic rings. The maximum atomic E-state index is 14.4. The van der Waals surface area contributed by atoms with Gasteiger partial charge in [0.05, 0.1) is 15.5 Å². The number of pyridine rings is 1. The van der Waals surface area contributed by atoms with E-state index in [0.29, 0.717) is 52.0 Å². The number of aromatic nitrogens is 4. The summed E-state index contributed by atoms with van der Waals surface area (Å²) in [7, 11) is -0.174.